The number of nitrogens with one attached hydrogen (secondary N) is 1. The highest BCUT2D eigenvalue weighted by molar-refractivity contribution is 9.10. The van der Waals surface area contributed by atoms with Crippen molar-refractivity contribution < 1.29 is 9.18 Å². The van der Waals surface area contributed by atoms with Gasteiger partial charge in [-0.2, -0.15) is 0 Å². The first-order chi connectivity index (χ1) is 8.08. The number of benzene rings is 1. The average Bonchev–Trinajstić information content (AvgIpc) is 2.31. The molecular weight excluding hydrogens is 287 g/mol. The van der Waals surface area contributed by atoms with Crippen molar-refractivity contribution in [3.05, 3.63) is 34.1 Å². The Morgan fingerprint density at radius 2 is 2.29 bits per heavy atom. The summed E-state index contributed by atoms with van der Waals surface area (Å²) in [6, 6.07) is 4.14. The van der Waals surface area contributed by atoms with Crippen LogP contribution in [0.25, 0.3) is 0 Å². The minimum atomic E-state index is -0.384. The van der Waals surface area contributed by atoms with Crippen molar-refractivity contribution in [2.24, 2.45) is 5.73 Å². The van der Waals surface area contributed by atoms with E-state index in [1.165, 1.54) is 18.2 Å². The molecule has 1 unspecified atom stereocenters. The Kier molecular flexibility index (Phi) is 5.58. The summed E-state index contributed by atoms with van der Waals surface area (Å²) in [7, 11) is 0. The van der Waals surface area contributed by atoms with E-state index in [4.69, 9.17) is 5.73 Å². The second-order valence-electron chi connectivity index (χ2n) is 3.82. The molecule has 0 aromatic heterocycles. The Bertz CT molecular complexity index is 398. The lowest BCUT2D eigenvalue weighted by molar-refractivity contribution is 0.0936. The van der Waals surface area contributed by atoms with Crippen LogP contribution in [0.2, 0.25) is 0 Å². The van der Waals surface area contributed by atoms with Crippen LogP contribution in [0, 0.1) is 5.82 Å². The van der Waals surface area contributed by atoms with Gasteiger partial charge in [-0.1, -0.05) is 13.3 Å². The topological polar surface area (TPSA) is 55.1 Å². The summed E-state index contributed by atoms with van der Waals surface area (Å²) in [6.45, 7) is 2.44. The predicted molar refractivity (Wildman–Crippen MR) is 69.3 cm³/mol. The Balaban J connectivity index is 2.72. The standard InChI is InChI=1S/C12H16BrFN2O/c1-2-3-9(7-15)16-12(17)8-4-5-11(14)10(13)6-8/h4-6,9H,2-3,7,15H2,1H3,(H,16,17). The molecule has 17 heavy (non-hydrogen) atoms. The molecule has 1 aromatic carbocycles. The zero-order valence-corrected chi connectivity index (χ0v) is 11.3. The van der Waals surface area contributed by atoms with Gasteiger partial charge in [-0.05, 0) is 40.5 Å². The van der Waals surface area contributed by atoms with Gasteiger partial charge in [-0.3, -0.25) is 4.79 Å². The van der Waals surface area contributed by atoms with Gasteiger partial charge in [0.15, 0.2) is 0 Å². The molecule has 3 nitrogen and oxygen atoms in total. The molecular formula is C12H16BrFN2O. The third kappa shape index (κ3) is 4.09. The molecule has 0 aliphatic rings. The summed E-state index contributed by atoms with van der Waals surface area (Å²) in [6.07, 6.45) is 1.79. The zero-order valence-electron chi connectivity index (χ0n) is 9.67. The summed E-state index contributed by atoms with van der Waals surface area (Å²) >= 11 is 3.05. The molecule has 0 radical (unpaired) electrons. The maximum Gasteiger partial charge on any atom is 0.251 e. The normalized spacial score (nSPS) is 12.2. The fourth-order valence-corrected chi connectivity index (χ4v) is 1.88. The minimum Gasteiger partial charge on any atom is -0.348 e. The number of rotatable bonds is 5. The SMILES string of the molecule is CCCC(CN)NC(=O)c1ccc(F)c(Br)c1. The molecule has 1 aromatic rings. The van der Waals surface area contributed by atoms with Crippen molar-refractivity contribution in [2.75, 3.05) is 6.54 Å². The lowest BCUT2D eigenvalue weighted by Gasteiger charge is -2.15. The van der Waals surface area contributed by atoms with Crippen LogP contribution in [0.4, 0.5) is 4.39 Å². The Morgan fingerprint density at radius 1 is 1.59 bits per heavy atom. The third-order valence-corrected chi connectivity index (χ3v) is 3.05. The van der Waals surface area contributed by atoms with Gasteiger partial charge in [0.05, 0.1) is 4.47 Å². The molecule has 94 valence electrons. The number of amides is 1. The Labute approximate surface area is 109 Å². The quantitative estimate of drug-likeness (QED) is 0.878. The van der Waals surface area contributed by atoms with Crippen LogP contribution in [0.3, 0.4) is 0 Å². The largest absolute Gasteiger partial charge is 0.348 e. The molecule has 0 saturated heterocycles. The van der Waals surface area contributed by atoms with E-state index in [1.54, 1.807) is 0 Å². The summed E-state index contributed by atoms with van der Waals surface area (Å²) in [5.41, 5.74) is 5.98. The maximum absolute atomic E-state index is 13.0. The fraction of sp³-hybridized carbons (Fsp3) is 0.417. The first-order valence-corrected chi connectivity index (χ1v) is 6.33. The van der Waals surface area contributed by atoms with Crippen LogP contribution >= 0.6 is 15.9 Å². The molecule has 0 fully saturated rings. The molecule has 1 atom stereocenters. The van der Waals surface area contributed by atoms with Crippen molar-refractivity contribution in [1.82, 2.24) is 5.32 Å². The first kappa shape index (κ1) is 14.1. The van der Waals surface area contributed by atoms with Crippen LogP contribution in [-0.2, 0) is 0 Å². The molecule has 0 spiro atoms. The highest BCUT2D eigenvalue weighted by Gasteiger charge is 2.12. The molecule has 0 saturated carbocycles. The Morgan fingerprint density at radius 3 is 2.82 bits per heavy atom. The van der Waals surface area contributed by atoms with Gasteiger partial charge in [0.25, 0.3) is 5.91 Å². The van der Waals surface area contributed by atoms with Gasteiger partial charge in [0.2, 0.25) is 0 Å². The number of hydrogen-bond donors (Lipinski definition) is 2. The van der Waals surface area contributed by atoms with Gasteiger partial charge in [0, 0.05) is 18.2 Å². The summed E-state index contributed by atoms with van der Waals surface area (Å²) in [5.74, 6) is -0.611. The number of halogens is 2. The van der Waals surface area contributed by atoms with E-state index in [0.29, 0.717) is 12.1 Å². The second-order valence-corrected chi connectivity index (χ2v) is 4.68. The van der Waals surface area contributed by atoms with Gasteiger partial charge in [0.1, 0.15) is 5.82 Å². The van der Waals surface area contributed by atoms with Crippen molar-refractivity contribution in [3.63, 3.8) is 0 Å². The van der Waals surface area contributed by atoms with E-state index < -0.39 is 0 Å². The summed E-state index contributed by atoms with van der Waals surface area (Å²) < 4.78 is 13.3. The summed E-state index contributed by atoms with van der Waals surface area (Å²) in [5, 5.41) is 2.82. The van der Waals surface area contributed by atoms with Crippen molar-refractivity contribution in [2.45, 2.75) is 25.8 Å². The summed E-state index contributed by atoms with van der Waals surface area (Å²) in [4.78, 5) is 11.8. The van der Waals surface area contributed by atoms with Crippen LogP contribution in [0.15, 0.2) is 22.7 Å². The van der Waals surface area contributed by atoms with Gasteiger partial charge >= 0.3 is 0 Å². The highest BCUT2D eigenvalue weighted by atomic mass is 79.9. The van der Waals surface area contributed by atoms with Crippen LogP contribution in [-0.4, -0.2) is 18.5 Å². The number of hydrogen-bond acceptors (Lipinski definition) is 2. The molecule has 5 heteroatoms. The monoisotopic (exact) mass is 302 g/mol. The van der Waals surface area contributed by atoms with E-state index in [1.807, 2.05) is 6.92 Å². The van der Waals surface area contributed by atoms with Crippen molar-refractivity contribution in [1.29, 1.82) is 0 Å². The average molecular weight is 303 g/mol. The van der Waals surface area contributed by atoms with Gasteiger partial charge in [-0.25, -0.2) is 4.39 Å². The smallest absolute Gasteiger partial charge is 0.251 e. The van der Waals surface area contributed by atoms with Crippen molar-refractivity contribution >= 4 is 21.8 Å². The first-order valence-electron chi connectivity index (χ1n) is 5.54. The number of nitrogens with two attached hydrogens (primary N) is 1. The van der Waals surface area contributed by atoms with E-state index in [2.05, 4.69) is 21.2 Å². The van der Waals surface area contributed by atoms with Gasteiger partial charge < -0.3 is 11.1 Å². The molecule has 0 heterocycles. The number of carbonyl (C=O) groups excluding carboxylic acids is 1. The molecule has 3 N–H and O–H groups in total. The van der Waals surface area contributed by atoms with Gasteiger partial charge in [-0.15, -0.1) is 0 Å². The molecule has 0 bridgehead atoms. The molecule has 1 rings (SSSR count). The molecule has 0 aliphatic heterocycles. The van der Waals surface area contributed by atoms with Crippen molar-refractivity contribution in [3.8, 4) is 0 Å². The highest BCUT2D eigenvalue weighted by Crippen LogP contribution is 2.16. The van der Waals surface area contributed by atoms with E-state index >= 15 is 0 Å². The lowest BCUT2D eigenvalue weighted by Crippen LogP contribution is -2.40. The van der Waals surface area contributed by atoms with Crippen LogP contribution in [0.1, 0.15) is 30.1 Å². The maximum atomic E-state index is 13.0. The van der Waals surface area contributed by atoms with E-state index in [-0.39, 0.29) is 22.2 Å². The predicted octanol–water partition coefficient (Wildman–Crippen LogP) is 2.45. The fourth-order valence-electron chi connectivity index (χ4n) is 1.50. The van der Waals surface area contributed by atoms with E-state index in [9.17, 15) is 9.18 Å². The minimum absolute atomic E-state index is 0.0312. The lowest BCUT2D eigenvalue weighted by atomic mass is 10.1. The third-order valence-electron chi connectivity index (χ3n) is 2.44. The van der Waals surface area contributed by atoms with Crippen LogP contribution in [0.5, 0.6) is 0 Å². The number of carbonyl (C=O) groups is 1. The Hall–Kier alpha value is -0.940. The second kappa shape index (κ2) is 6.71. The van der Waals surface area contributed by atoms with Crippen LogP contribution < -0.4 is 11.1 Å². The molecule has 1 amide bonds. The van der Waals surface area contributed by atoms with E-state index in [0.717, 1.165) is 12.8 Å². The molecule has 0 aliphatic carbocycles. The zero-order chi connectivity index (χ0) is 12.8.